The van der Waals surface area contributed by atoms with Crippen molar-refractivity contribution < 1.29 is 9.53 Å². The van der Waals surface area contributed by atoms with Gasteiger partial charge in [0, 0.05) is 13.1 Å². The summed E-state index contributed by atoms with van der Waals surface area (Å²) < 4.78 is 5.95. The van der Waals surface area contributed by atoms with Gasteiger partial charge in [-0.2, -0.15) is 0 Å². The number of amides is 1. The Morgan fingerprint density at radius 2 is 1.75 bits per heavy atom. The number of alkyl halides is 1. The molecule has 94 valence electrons. The average molecular weight is 292 g/mol. The predicted molar refractivity (Wildman–Crippen MR) is 68.8 cm³/mol. The molecule has 0 radical (unpaired) electrons. The van der Waals surface area contributed by atoms with E-state index in [1.165, 1.54) is 0 Å². The average Bonchev–Trinajstić information content (AvgIpc) is 2.10. The van der Waals surface area contributed by atoms with E-state index in [4.69, 9.17) is 4.74 Å². The second-order valence-electron chi connectivity index (χ2n) is 5.69. The van der Waals surface area contributed by atoms with E-state index in [-0.39, 0.29) is 21.9 Å². The van der Waals surface area contributed by atoms with E-state index in [2.05, 4.69) is 15.9 Å². The van der Waals surface area contributed by atoms with Gasteiger partial charge in [0.2, 0.25) is 5.91 Å². The van der Waals surface area contributed by atoms with Crippen molar-refractivity contribution in [3.8, 4) is 0 Å². The highest BCUT2D eigenvalue weighted by Gasteiger charge is 2.40. The van der Waals surface area contributed by atoms with Crippen LogP contribution in [0, 0.1) is 0 Å². The lowest BCUT2D eigenvalue weighted by atomic mass is 9.98. The molecule has 1 aliphatic rings. The molecule has 3 nitrogen and oxygen atoms in total. The largest absolute Gasteiger partial charge is 0.366 e. The number of rotatable bonds is 2. The van der Waals surface area contributed by atoms with E-state index in [1.54, 1.807) is 0 Å². The lowest BCUT2D eigenvalue weighted by molar-refractivity contribution is -0.187. The van der Waals surface area contributed by atoms with E-state index in [0.29, 0.717) is 13.1 Å². The van der Waals surface area contributed by atoms with E-state index >= 15 is 0 Å². The second-order valence-corrected chi connectivity index (χ2v) is 6.80. The Labute approximate surface area is 107 Å². The fourth-order valence-electron chi connectivity index (χ4n) is 2.32. The Balaban J connectivity index is 2.78. The number of ether oxygens (including phenoxy) is 1. The maximum absolute atomic E-state index is 12.1. The number of morpholine rings is 1. The SMILES string of the molecule is CCC(Br)C(=O)N1CC(C)(C)OC(C)(C)C1. The highest BCUT2D eigenvalue weighted by molar-refractivity contribution is 9.10. The van der Waals surface area contributed by atoms with Crippen molar-refractivity contribution in [1.29, 1.82) is 0 Å². The molecule has 1 saturated heterocycles. The van der Waals surface area contributed by atoms with Crippen molar-refractivity contribution in [2.24, 2.45) is 0 Å². The zero-order chi connectivity index (χ0) is 12.6. The highest BCUT2D eigenvalue weighted by atomic mass is 79.9. The van der Waals surface area contributed by atoms with Crippen LogP contribution in [-0.4, -0.2) is 39.9 Å². The van der Waals surface area contributed by atoms with Gasteiger partial charge >= 0.3 is 0 Å². The molecule has 0 N–H and O–H groups in total. The maximum atomic E-state index is 12.1. The molecular formula is C12H22BrNO2. The summed E-state index contributed by atoms with van der Waals surface area (Å²) in [6.07, 6.45) is 0.817. The quantitative estimate of drug-likeness (QED) is 0.732. The Hall–Kier alpha value is -0.0900. The van der Waals surface area contributed by atoms with E-state index in [1.807, 2.05) is 39.5 Å². The topological polar surface area (TPSA) is 29.5 Å². The maximum Gasteiger partial charge on any atom is 0.236 e. The molecule has 0 aromatic heterocycles. The van der Waals surface area contributed by atoms with E-state index in [9.17, 15) is 4.79 Å². The first kappa shape index (κ1) is 14.0. The number of nitrogens with zero attached hydrogens (tertiary/aromatic N) is 1. The molecule has 1 unspecified atom stereocenters. The standard InChI is InChI=1S/C12H22BrNO2/c1-6-9(13)10(15)14-7-11(2,3)16-12(4,5)8-14/h9H,6-8H2,1-5H3. The van der Waals surface area contributed by atoms with Crippen LogP contribution in [0.25, 0.3) is 0 Å². The lowest BCUT2D eigenvalue weighted by Gasteiger charge is -2.47. The molecule has 0 saturated carbocycles. The molecule has 1 rings (SSSR count). The number of carbonyl (C=O) groups is 1. The molecule has 1 aliphatic heterocycles. The van der Waals surface area contributed by atoms with Crippen molar-refractivity contribution in [3.63, 3.8) is 0 Å². The molecule has 1 amide bonds. The Bertz CT molecular complexity index is 260. The molecule has 1 heterocycles. The van der Waals surface area contributed by atoms with Crippen LogP contribution in [0.4, 0.5) is 0 Å². The number of halogens is 1. The summed E-state index contributed by atoms with van der Waals surface area (Å²) in [6.45, 7) is 11.5. The highest BCUT2D eigenvalue weighted by Crippen LogP contribution is 2.29. The normalized spacial score (nSPS) is 25.2. The van der Waals surface area contributed by atoms with Crippen LogP contribution in [0.15, 0.2) is 0 Å². The molecule has 0 aromatic rings. The molecule has 1 atom stereocenters. The van der Waals surface area contributed by atoms with E-state index in [0.717, 1.165) is 6.42 Å². The summed E-state index contributed by atoms with van der Waals surface area (Å²) in [5, 5.41) is 0. The summed E-state index contributed by atoms with van der Waals surface area (Å²) in [6, 6.07) is 0. The van der Waals surface area contributed by atoms with Gasteiger partial charge in [0.1, 0.15) is 0 Å². The van der Waals surface area contributed by atoms with E-state index < -0.39 is 0 Å². The third-order valence-electron chi connectivity index (χ3n) is 2.63. The minimum absolute atomic E-state index is 0.0720. The van der Waals surface area contributed by atoms with Gasteiger partial charge in [0.05, 0.1) is 16.0 Å². The third kappa shape index (κ3) is 3.45. The molecule has 16 heavy (non-hydrogen) atoms. The predicted octanol–water partition coefficient (Wildman–Crippen LogP) is 2.58. The molecule has 0 bridgehead atoms. The van der Waals surface area contributed by atoms with Crippen molar-refractivity contribution in [2.45, 2.75) is 57.1 Å². The Morgan fingerprint density at radius 3 is 2.12 bits per heavy atom. The van der Waals surface area contributed by atoms with Crippen molar-refractivity contribution in [3.05, 3.63) is 0 Å². The van der Waals surface area contributed by atoms with Crippen LogP contribution in [0.5, 0.6) is 0 Å². The molecular weight excluding hydrogens is 270 g/mol. The molecule has 0 aliphatic carbocycles. The summed E-state index contributed by atoms with van der Waals surface area (Å²) >= 11 is 3.42. The van der Waals surface area contributed by atoms with Gasteiger partial charge in [-0.3, -0.25) is 4.79 Å². The van der Waals surface area contributed by atoms with Crippen LogP contribution >= 0.6 is 15.9 Å². The van der Waals surface area contributed by atoms with Crippen LogP contribution in [0.2, 0.25) is 0 Å². The number of hydrogen-bond acceptors (Lipinski definition) is 2. The van der Waals surface area contributed by atoms with Crippen LogP contribution in [0.1, 0.15) is 41.0 Å². The fourth-order valence-corrected chi connectivity index (χ4v) is 2.61. The van der Waals surface area contributed by atoms with Gasteiger partial charge in [-0.15, -0.1) is 0 Å². The monoisotopic (exact) mass is 291 g/mol. The third-order valence-corrected chi connectivity index (χ3v) is 3.67. The molecule has 1 fully saturated rings. The Morgan fingerprint density at radius 1 is 1.31 bits per heavy atom. The van der Waals surface area contributed by atoms with Gasteiger partial charge in [0.15, 0.2) is 0 Å². The number of carbonyl (C=O) groups excluding carboxylic acids is 1. The van der Waals surface area contributed by atoms with Gasteiger partial charge in [0.25, 0.3) is 0 Å². The van der Waals surface area contributed by atoms with Crippen molar-refractivity contribution in [1.82, 2.24) is 4.90 Å². The molecule has 0 aromatic carbocycles. The van der Waals surface area contributed by atoms with Crippen LogP contribution in [0.3, 0.4) is 0 Å². The number of hydrogen-bond donors (Lipinski definition) is 0. The summed E-state index contributed by atoms with van der Waals surface area (Å²) in [4.78, 5) is 14.0. The van der Waals surface area contributed by atoms with Crippen LogP contribution < -0.4 is 0 Å². The van der Waals surface area contributed by atoms with Gasteiger partial charge in [-0.1, -0.05) is 22.9 Å². The molecule has 4 heteroatoms. The van der Waals surface area contributed by atoms with Gasteiger partial charge in [-0.25, -0.2) is 0 Å². The summed E-state index contributed by atoms with van der Waals surface area (Å²) in [7, 11) is 0. The molecule has 0 spiro atoms. The van der Waals surface area contributed by atoms with Crippen molar-refractivity contribution >= 4 is 21.8 Å². The first-order chi connectivity index (χ1) is 7.17. The van der Waals surface area contributed by atoms with Crippen molar-refractivity contribution in [2.75, 3.05) is 13.1 Å². The lowest BCUT2D eigenvalue weighted by Crippen LogP contribution is -2.59. The second kappa shape index (κ2) is 4.65. The smallest absolute Gasteiger partial charge is 0.236 e. The van der Waals surface area contributed by atoms with Gasteiger partial charge < -0.3 is 9.64 Å². The minimum Gasteiger partial charge on any atom is -0.366 e. The first-order valence-electron chi connectivity index (χ1n) is 5.80. The minimum atomic E-state index is -0.266. The Kier molecular flexibility index (Phi) is 4.06. The first-order valence-corrected chi connectivity index (χ1v) is 6.71. The summed E-state index contributed by atoms with van der Waals surface area (Å²) in [5.41, 5.74) is -0.532. The fraction of sp³-hybridized carbons (Fsp3) is 0.917. The zero-order valence-electron chi connectivity index (χ0n) is 10.8. The summed E-state index contributed by atoms with van der Waals surface area (Å²) in [5.74, 6) is 0.173. The van der Waals surface area contributed by atoms with Crippen LogP contribution in [-0.2, 0) is 9.53 Å². The van der Waals surface area contributed by atoms with Gasteiger partial charge in [-0.05, 0) is 34.1 Å². The zero-order valence-corrected chi connectivity index (χ0v) is 12.4.